The van der Waals surface area contributed by atoms with E-state index in [1.54, 1.807) is 0 Å². The minimum absolute atomic E-state index is 0.0665. The highest BCUT2D eigenvalue weighted by atomic mass is 31.1. The molecule has 27 heavy (non-hydrogen) atoms. The molecule has 0 fully saturated rings. The summed E-state index contributed by atoms with van der Waals surface area (Å²) < 4.78 is 0. The minimum atomic E-state index is -1.08. The number of benzene rings is 3. The molecule has 0 heterocycles. The zero-order chi connectivity index (χ0) is 19.2. The molecule has 0 spiro atoms. The van der Waals surface area contributed by atoms with E-state index < -0.39 is 19.9 Å². The maximum atomic E-state index is 11.4. The monoisotopic (exact) mass is 378 g/mol. The van der Waals surface area contributed by atoms with E-state index in [1.807, 2.05) is 78.9 Å². The van der Waals surface area contributed by atoms with Gasteiger partial charge in [-0.05, 0) is 35.0 Å². The van der Waals surface area contributed by atoms with Crippen molar-refractivity contribution in [1.82, 2.24) is 0 Å². The number of carbonyl (C=O) groups is 2. The van der Waals surface area contributed by atoms with Crippen molar-refractivity contribution >= 4 is 35.8 Å². The van der Waals surface area contributed by atoms with E-state index in [1.165, 1.54) is 0 Å². The Hall–Kier alpha value is -2.97. The molecule has 0 unspecified atom stereocenters. The highest BCUT2D eigenvalue weighted by Gasteiger charge is 2.23. The van der Waals surface area contributed by atoms with Crippen LogP contribution in [-0.2, 0) is 22.4 Å². The molecule has 0 aromatic heterocycles. The average Bonchev–Trinajstić information content (AvgIpc) is 2.65. The lowest BCUT2D eigenvalue weighted by molar-refractivity contribution is -0.137. The van der Waals surface area contributed by atoms with Crippen molar-refractivity contribution in [3.63, 3.8) is 0 Å². The average molecular weight is 378 g/mol. The predicted octanol–water partition coefficient (Wildman–Crippen LogP) is 2.70. The topological polar surface area (TPSA) is 74.6 Å². The van der Waals surface area contributed by atoms with Crippen LogP contribution in [-0.4, -0.2) is 22.2 Å². The fourth-order valence-electron chi connectivity index (χ4n) is 3.07. The summed E-state index contributed by atoms with van der Waals surface area (Å²) in [5.74, 6) is -1.77. The van der Waals surface area contributed by atoms with E-state index in [-0.39, 0.29) is 12.8 Å². The van der Waals surface area contributed by atoms with Crippen LogP contribution in [0, 0.1) is 0 Å². The third kappa shape index (κ3) is 4.60. The standard InChI is InChI=1S/C22H19O4P/c23-21(24)14-16-8-4-6-12-19(16)27(18-10-2-1-3-11-18)20-13-7-5-9-17(20)15-22(25)26/h1-13H,14-15H2,(H,23,24)(H,25,26). The summed E-state index contributed by atoms with van der Waals surface area (Å²) in [5.41, 5.74) is 1.51. The lowest BCUT2D eigenvalue weighted by Crippen LogP contribution is -2.27. The smallest absolute Gasteiger partial charge is 0.307 e. The second-order valence-corrected chi connectivity index (χ2v) is 8.22. The molecule has 0 bridgehead atoms. The number of hydrogen-bond donors (Lipinski definition) is 2. The Kier molecular flexibility index (Phi) is 6.00. The second-order valence-electron chi connectivity index (χ2n) is 6.07. The zero-order valence-electron chi connectivity index (χ0n) is 14.6. The van der Waals surface area contributed by atoms with Crippen LogP contribution in [0.4, 0.5) is 0 Å². The fraction of sp³-hybridized carbons (Fsp3) is 0.0909. The molecule has 3 rings (SSSR count). The lowest BCUT2D eigenvalue weighted by atomic mass is 10.1. The van der Waals surface area contributed by atoms with Gasteiger partial charge in [-0.2, -0.15) is 0 Å². The van der Waals surface area contributed by atoms with Gasteiger partial charge in [-0.1, -0.05) is 78.9 Å². The van der Waals surface area contributed by atoms with Crippen molar-refractivity contribution in [2.24, 2.45) is 0 Å². The molecule has 0 aliphatic rings. The molecule has 0 aliphatic heterocycles. The zero-order valence-corrected chi connectivity index (χ0v) is 15.5. The summed E-state index contributed by atoms with van der Waals surface area (Å²) in [5, 5.41) is 21.6. The SMILES string of the molecule is O=C(O)Cc1ccccc1P(c1ccccc1)c1ccccc1CC(=O)O. The molecule has 3 aromatic carbocycles. The van der Waals surface area contributed by atoms with E-state index in [0.717, 1.165) is 27.0 Å². The Labute approximate surface area is 158 Å². The minimum Gasteiger partial charge on any atom is -0.481 e. The number of carboxylic acids is 2. The predicted molar refractivity (Wildman–Crippen MR) is 108 cm³/mol. The van der Waals surface area contributed by atoms with E-state index in [4.69, 9.17) is 0 Å². The first-order valence-electron chi connectivity index (χ1n) is 8.51. The summed E-state index contributed by atoms with van der Waals surface area (Å²) in [6, 6.07) is 24.9. The molecule has 0 saturated heterocycles. The number of rotatable bonds is 7. The molecule has 2 N–H and O–H groups in total. The molecule has 0 saturated carbocycles. The highest BCUT2D eigenvalue weighted by molar-refractivity contribution is 7.80. The van der Waals surface area contributed by atoms with Crippen LogP contribution in [0.2, 0.25) is 0 Å². The maximum absolute atomic E-state index is 11.4. The first-order chi connectivity index (χ1) is 13.1. The molecule has 4 nitrogen and oxygen atoms in total. The van der Waals surface area contributed by atoms with Crippen LogP contribution in [0.5, 0.6) is 0 Å². The Morgan fingerprint density at radius 3 is 1.48 bits per heavy atom. The van der Waals surface area contributed by atoms with Gasteiger partial charge in [0.2, 0.25) is 0 Å². The van der Waals surface area contributed by atoms with Gasteiger partial charge in [-0.15, -0.1) is 0 Å². The van der Waals surface area contributed by atoms with Crippen molar-refractivity contribution in [2.75, 3.05) is 0 Å². The molecule has 136 valence electrons. The van der Waals surface area contributed by atoms with Gasteiger partial charge in [0.25, 0.3) is 0 Å². The third-order valence-corrected chi connectivity index (χ3v) is 6.81. The van der Waals surface area contributed by atoms with E-state index >= 15 is 0 Å². The Bertz CT molecular complexity index is 894. The van der Waals surface area contributed by atoms with E-state index in [2.05, 4.69) is 0 Å². The van der Waals surface area contributed by atoms with Crippen LogP contribution in [0.3, 0.4) is 0 Å². The Morgan fingerprint density at radius 2 is 1.04 bits per heavy atom. The van der Waals surface area contributed by atoms with Crippen LogP contribution >= 0.6 is 7.92 Å². The molecular weight excluding hydrogens is 359 g/mol. The molecule has 0 amide bonds. The van der Waals surface area contributed by atoms with Gasteiger partial charge in [-0.3, -0.25) is 9.59 Å². The lowest BCUT2D eigenvalue weighted by Gasteiger charge is -2.24. The Morgan fingerprint density at radius 1 is 0.630 bits per heavy atom. The van der Waals surface area contributed by atoms with Gasteiger partial charge in [-0.25, -0.2) is 0 Å². The first-order valence-corrected chi connectivity index (χ1v) is 9.85. The van der Waals surface area contributed by atoms with Crippen molar-refractivity contribution < 1.29 is 19.8 Å². The molecule has 0 radical (unpaired) electrons. The second kappa shape index (κ2) is 8.61. The van der Waals surface area contributed by atoms with Gasteiger partial charge in [0.15, 0.2) is 0 Å². The summed E-state index contributed by atoms with van der Waals surface area (Å²) in [6.07, 6.45) is -0.133. The van der Waals surface area contributed by atoms with Crippen molar-refractivity contribution in [3.8, 4) is 0 Å². The van der Waals surface area contributed by atoms with Crippen LogP contribution < -0.4 is 15.9 Å². The largest absolute Gasteiger partial charge is 0.481 e. The van der Waals surface area contributed by atoms with E-state index in [0.29, 0.717) is 0 Å². The summed E-state index contributed by atoms with van der Waals surface area (Å²) in [4.78, 5) is 22.7. The van der Waals surface area contributed by atoms with E-state index in [9.17, 15) is 19.8 Å². The quantitative estimate of drug-likeness (QED) is 0.620. The summed E-state index contributed by atoms with van der Waals surface area (Å²) >= 11 is 0. The molecule has 0 aliphatic carbocycles. The molecule has 5 heteroatoms. The molecule has 3 aromatic rings. The van der Waals surface area contributed by atoms with Crippen molar-refractivity contribution in [1.29, 1.82) is 0 Å². The van der Waals surface area contributed by atoms with Gasteiger partial charge in [0, 0.05) is 0 Å². The van der Waals surface area contributed by atoms with Crippen LogP contribution in [0.25, 0.3) is 0 Å². The fourth-order valence-corrected chi connectivity index (χ4v) is 5.71. The number of aliphatic carboxylic acids is 2. The van der Waals surface area contributed by atoms with Crippen LogP contribution in [0.15, 0.2) is 78.9 Å². The summed E-state index contributed by atoms with van der Waals surface area (Å²) in [7, 11) is -1.08. The van der Waals surface area contributed by atoms with Gasteiger partial charge in [0.05, 0.1) is 12.8 Å². The van der Waals surface area contributed by atoms with Crippen molar-refractivity contribution in [2.45, 2.75) is 12.8 Å². The maximum Gasteiger partial charge on any atom is 0.307 e. The third-order valence-electron chi connectivity index (χ3n) is 4.16. The number of hydrogen-bond acceptors (Lipinski definition) is 2. The first kappa shape index (κ1) is 18.8. The summed E-state index contributed by atoms with van der Waals surface area (Å²) in [6.45, 7) is 0. The number of carboxylic acid groups (broad SMARTS) is 2. The molecule has 0 atom stereocenters. The highest BCUT2D eigenvalue weighted by Crippen LogP contribution is 2.35. The Balaban J connectivity index is 2.21. The van der Waals surface area contributed by atoms with Crippen molar-refractivity contribution in [3.05, 3.63) is 90.0 Å². The normalized spacial score (nSPS) is 10.7. The van der Waals surface area contributed by atoms with Gasteiger partial charge in [0.1, 0.15) is 0 Å². The van der Waals surface area contributed by atoms with Crippen LogP contribution in [0.1, 0.15) is 11.1 Å². The van der Waals surface area contributed by atoms with Gasteiger partial charge >= 0.3 is 11.9 Å². The van der Waals surface area contributed by atoms with Gasteiger partial charge < -0.3 is 10.2 Å². The molecular formula is C22H19O4P.